The Hall–Kier alpha value is -0.270. The number of carbonyl (C=O) groups is 1. The average Bonchev–Trinajstić information content (AvgIpc) is 3.00. The molecule has 4 N–H and O–H groups in total. The van der Waals surface area contributed by atoms with E-state index in [2.05, 4.69) is 4.31 Å². The molecule has 28 heavy (non-hydrogen) atoms. The van der Waals surface area contributed by atoms with Crippen molar-refractivity contribution < 1.29 is 38.0 Å². The highest BCUT2D eigenvalue weighted by molar-refractivity contribution is 7.65. The fraction of sp³-hybridized carbons (Fsp3) is 0.941. The summed E-state index contributed by atoms with van der Waals surface area (Å²) in [6.45, 7) is 0.298. The number of hydrogen-bond donors (Lipinski definition) is 4. The second kappa shape index (κ2) is 10.2. The van der Waals surface area contributed by atoms with Crippen molar-refractivity contribution in [2.75, 3.05) is 6.54 Å². The van der Waals surface area contributed by atoms with Crippen LogP contribution in [0.2, 0.25) is 0 Å². The molecule has 2 rings (SSSR count). The molecule has 9 nitrogen and oxygen atoms in total. The summed E-state index contributed by atoms with van der Waals surface area (Å²) in [6, 6.07) is -0.223. The molecule has 1 heterocycles. The Balaban J connectivity index is 2.28. The monoisotopic (exact) mass is 441 g/mol. The van der Waals surface area contributed by atoms with Crippen LogP contribution in [0.3, 0.4) is 0 Å². The minimum absolute atomic E-state index is 0.174. The molecule has 0 aromatic heterocycles. The van der Waals surface area contributed by atoms with Crippen molar-refractivity contribution in [1.29, 1.82) is 0 Å². The first-order valence-electron chi connectivity index (χ1n) is 10.2. The molecule has 0 radical (unpaired) electrons. The van der Waals surface area contributed by atoms with E-state index in [9.17, 15) is 23.9 Å². The Kier molecular flexibility index (Phi) is 8.71. The Bertz CT molecular complexity index is 612. The largest absolute Gasteiger partial charge is 0.479 e. The fourth-order valence-electron chi connectivity index (χ4n) is 4.63. The standard InChI is InChI=1S/C17H33NO8P2/c19-16(20)17(27(21,22)26-28(23,24)25)13-10-14-18(17)15-11-8-6-4-2-1-3-5-7-9-12-15/h15H,1-14H2,(H,19,20)(H,21,22)(H2,23,24,25)/t17-/m0/s1. The van der Waals surface area contributed by atoms with Crippen molar-refractivity contribution in [2.24, 2.45) is 0 Å². The van der Waals surface area contributed by atoms with Crippen LogP contribution in [0.15, 0.2) is 0 Å². The maximum absolute atomic E-state index is 12.8. The van der Waals surface area contributed by atoms with Crippen LogP contribution in [0.4, 0.5) is 0 Å². The lowest BCUT2D eigenvalue weighted by Crippen LogP contribution is -2.54. The van der Waals surface area contributed by atoms with Gasteiger partial charge in [0, 0.05) is 12.6 Å². The first kappa shape index (κ1) is 24.0. The quantitative estimate of drug-likeness (QED) is 0.468. The summed E-state index contributed by atoms with van der Waals surface area (Å²) in [6.07, 6.45) is 11.3. The minimum atomic E-state index is -5.33. The molecule has 2 aliphatic rings. The molecule has 0 aromatic rings. The Morgan fingerprint density at radius 3 is 1.75 bits per heavy atom. The molecule has 11 heteroatoms. The topological polar surface area (TPSA) is 145 Å². The van der Waals surface area contributed by atoms with E-state index < -0.39 is 26.7 Å². The predicted octanol–water partition coefficient (Wildman–Crippen LogP) is 3.83. The van der Waals surface area contributed by atoms with Gasteiger partial charge in [0.05, 0.1) is 0 Å². The molecule has 0 aromatic carbocycles. The molecule has 1 saturated heterocycles. The molecule has 1 saturated carbocycles. The summed E-state index contributed by atoms with van der Waals surface area (Å²) >= 11 is 0. The normalized spacial score (nSPS) is 29.5. The van der Waals surface area contributed by atoms with Gasteiger partial charge in [0.15, 0.2) is 0 Å². The van der Waals surface area contributed by atoms with Gasteiger partial charge in [-0.1, -0.05) is 57.8 Å². The maximum atomic E-state index is 12.8. The number of likely N-dealkylation sites (tertiary alicyclic amines) is 1. The van der Waals surface area contributed by atoms with E-state index in [1.807, 2.05) is 0 Å². The Labute approximate surface area is 166 Å². The van der Waals surface area contributed by atoms with Crippen LogP contribution < -0.4 is 0 Å². The maximum Gasteiger partial charge on any atom is 0.476 e. The van der Waals surface area contributed by atoms with Gasteiger partial charge in [0.1, 0.15) is 0 Å². The molecule has 2 atom stereocenters. The highest BCUT2D eigenvalue weighted by Gasteiger charge is 2.64. The van der Waals surface area contributed by atoms with E-state index in [0.29, 0.717) is 25.8 Å². The van der Waals surface area contributed by atoms with Gasteiger partial charge in [-0.3, -0.25) is 9.46 Å². The lowest BCUT2D eigenvalue weighted by molar-refractivity contribution is -0.146. The van der Waals surface area contributed by atoms with E-state index in [0.717, 1.165) is 38.5 Å². The third-order valence-corrected chi connectivity index (χ3v) is 9.29. The van der Waals surface area contributed by atoms with Gasteiger partial charge in [0.25, 0.3) is 0 Å². The first-order chi connectivity index (χ1) is 13.1. The van der Waals surface area contributed by atoms with Crippen LogP contribution in [-0.4, -0.2) is 48.5 Å². The molecule has 164 valence electrons. The molecule has 0 spiro atoms. The van der Waals surface area contributed by atoms with E-state index in [1.165, 1.54) is 24.2 Å². The third kappa shape index (κ3) is 5.88. The predicted molar refractivity (Wildman–Crippen MR) is 104 cm³/mol. The number of hydrogen-bond acceptors (Lipinski definition) is 5. The SMILES string of the molecule is O=C(O)[C@@]1(P(=O)(O)OP(=O)(O)O)CCCN1C1CCCCCCCCCCC1. The first-order valence-corrected chi connectivity index (χ1v) is 13.3. The fourth-order valence-corrected chi connectivity index (χ4v) is 7.59. The molecule has 2 fully saturated rings. The summed E-state index contributed by atoms with van der Waals surface area (Å²) in [4.78, 5) is 42.2. The average molecular weight is 441 g/mol. The van der Waals surface area contributed by atoms with E-state index >= 15 is 0 Å². The molecule has 1 aliphatic carbocycles. The van der Waals surface area contributed by atoms with Crippen LogP contribution in [0.1, 0.15) is 83.5 Å². The number of carboxylic acid groups (broad SMARTS) is 1. The Morgan fingerprint density at radius 1 is 0.857 bits per heavy atom. The van der Waals surface area contributed by atoms with E-state index in [-0.39, 0.29) is 12.5 Å². The summed E-state index contributed by atoms with van der Waals surface area (Å²) in [5.41, 5.74) is 0. The van der Waals surface area contributed by atoms with Crippen LogP contribution >= 0.6 is 15.4 Å². The summed E-state index contributed by atoms with van der Waals surface area (Å²) in [5, 5.41) is 7.59. The van der Waals surface area contributed by atoms with Crippen molar-refractivity contribution in [3.8, 4) is 0 Å². The van der Waals surface area contributed by atoms with Crippen molar-refractivity contribution in [2.45, 2.75) is 94.8 Å². The summed E-state index contributed by atoms with van der Waals surface area (Å²) < 4.78 is 28.3. The number of phosphoric acid groups is 1. The molecule has 0 bridgehead atoms. The van der Waals surface area contributed by atoms with Gasteiger partial charge in [-0.25, -0.2) is 13.7 Å². The zero-order valence-corrected chi connectivity index (χ0v) is 18.0. The van der Waals surface area contributed by atoms with Crippen LogP contribution in [-0.2, 0) is 18.2 Å². The summed E-state index contributed by atoms with van der Waals surface area (Å²) in [5.74, 6) is -1.56. The lowest BCUT2D eigenvalue weighted by atomic mass is 9.96. The molecular weight excluding hydrogens is 408 g/mol. The molecule has 1 aliphatic heterocycles. The van der Waals surface area contributed by atoms with Crippen molar-refractivity contribution in [1.82, 2.24) is 4.90 Å². The van der Waals surface area contributed by atoms with Crippen molar-refractivity contribution in [3.05, 3.63) is 0 Å². The van der Waals surface area contributed by atoms with Gasteiger partial charge in [-0.15, -0.1) is 0 Å². The second-order valence-corrected chi connectivity index (χ2v) is 11.3. The number of aliphatic carboxylic acids is 1. The van der Waals surface area contributed by atoms with Gasteiger partial charge in [-0.05, 0) is 25.7 Å². The number of carboxylic acids is 1. The zero-order chi connectivity index (χ0) is 20.8. The molecule has 1 unspecified atom stereocenters. The number of nitrogens with zero attached hydrogens (tertiary/aromatic N) is 1. The van der Waals surface area contributed by atoms with Crippen molar-refractivity contribution in [3.63, 3.8) is 0 Å². The summed E-state index contributed by atoms with van der Waals surface area (Å²) in [7, 11) is -10.5. The van der Waals surface area contributed by atoms with Gasteiger partial charge in [0.2, 0.25) is 5.28 Å². The highest BCUT2D eigenvalue weighted by atomic mass is 31.3. The van der Waals surface area contributed by atoms with Crippen LogP contribution in [0.5, 0.6) is 0 Å². The van der Waals surface area contributed by atoms with Crippen LogP contribution in [0, 0.1) is 0 Å². The van der Waals surface area contributed by atoms with Crippen molar-refractivity contribution >= 4 is 21.4 Å². The smallest absolute Gasteiger partial charge is 0.476 e. The molecule has 0 amide bonds. The van der Waals surface area contributed by atoms with Gasteiger partial charge < -0.3 is 19.8 Å². The number of rotatable bonds is 5. The highest BCUT2D eigenvalue weighted by Crippen LogP contribution is 2.68. The third-order valence-electron chi connectivity index (χ3n) is 5.94. The van der Waals surface area contributed by atoms with Gasteiger partial charge >= 0.3 is 21.4 Å². The second-order valence-electron chi connectivity index (χ2n) is 7.92. The Morgan fingerprint density at radius 2 is 1.32 bits per heavy atom. The molecular formula is C17H33NO8P2. The van der Waals surface area contributed by atoms with Crippen LogP contribution in [0.25, 0.3) is 0 Å². The minimum Gasteiger partial charge on any atom is -0.479 e. The van der Waals surface area contributed by atoms with E-state index in [4.69, 9.17) is 9.79 Å². The lowest BCUT2D eigenvalue weighted by Gasteiger charge is -2.41. The van der Waals surface area contributed by atoms with E-state index in [1.54, 1.807) is 0 Å². The van der Waals surface area contributed by atoms with Gasteiger partial charge in [-0.2, -0.15) is 0 Å². The zero-order valence-electron chi connectivity index (χ0n) is 16.2.